The van der Waals surface area contributed by atoms with Gasteiger partial charge in [-0.05, 0) is 62.9 Å². The molecule has 0 atom stereocenters. The highest BCUT2D eigenvalue weighted by Crippen LogP contribution is 2.16. The Bertz CT molecular complexity index is 185. The van der Waals surface area contributed by atoms with Gasteiger partial charge in [0.2, 0.25) is 0 Å². The summed E-state index contributed by atoms with van der Waals surface area (Å²) in [6, 6.07) is 0. The second kappa shape index (κ2) is 5.48. The van der Waals surface area contributed by atoms with Crippen LogP contribution in [0.4, 0.5) is 0 Å². The third-order valence-corrected chi connectivity index (χ3v) is 3.74. The number of likely N-dealkylation sites (N-methyl/N-ethyl adjacent to an activating group) is 3. The summed E-state index contributed by atoms with van der Waals surface area (Å²) >= 11 is 0. The highest BCUT2D eigenvalue weighted by molar-refractivity contribution is 4.85. The Morgan fingerprint density at radius 3 is 1.06 bits per heavy atom. The Morgan fingerprint density at radius 1 is 0.625 bits per heavy atom. The van der Waals surface area contributed by atoms with Crippen molar-refractivity contribution in [3.05, 3.63) is 0 Å². The van der Waals surface area contributed by atoms with Gasteiger partial charge < -0.3 is 14.7 Å². The van der Waals surface area contributed by atoms with E-state index >= 15 is 0 Å². The topological polar surface area (TPSA) is 9.72 Å². The van der Waals surface area contributed by atoms with Gasteiger partial charge in [0, 0.05) is 24.2 Å². The van der Waals surface area contributed by atoms with Crippen LogP contribution in [0, 0.1) is 0 Å². The minimum atomic E-state index is 0.219. The minimum absolute atomic E-state index is 0.219. The number of hydrogen-bond acceptors (Lipinski definition) is 3. The zero-order valence-corrected chi connectivity index (χ0v) is 12.8. The van der Waals surface area contributed by atoms with Crippen LogP contribution >= 0.6 is 0 Å². The smallest absolute Gasteiger partial charge is 0.0274 e. The molecule has 3 heteroatoms. The molecule has 0 aliphatic rings. The maximum absolute atomic E-state index is 2.42. The van der Waals surface area contributed by atoms with E-state index in [0.29, 0.717) is 0 Å². The van der Waals surface area contributed by atoms with E-state index in [4.69, 9.17) is 0 Å². The van der Waals surface area contributed by atoms with Gasteiger partial charge in [-0.25, -0.2) is 0 Å². The molecule has 3 nitrogen and oxygen atoms in total. The van der Waals surface area contributed by atoms with Crippen LogP contribution in [0.15, 0.2) is 0 Å². The van der Waals surface area contributed by atoms with Crippen molar-refractivity contribution in [2.75, 3.05) is 48.3 Å². The molecule has 0 aliphatic carbocycles. The van der Waals surface area contributed by atoms with Crippen molar-refractivity contribution in [3.8, 4) is 0 Å². The first-order valence-electron chi connectivity index (χ1n) is 6.02. The molecule has 0 aliphatic heterocycles. The highest BCUT2D eigenvalue weighted by atomic mass is 15.2. The van der Waals surface area contributed by atoms with Crippen molar-refractivity contribution in [2.24, 2.45) is 0 Å². The van der Waals surface area contributed by atoms with Gasteiger partial charge in [0.05, 0.1) is 0 Å². The van der Waals surface area contributed by atoms with Gasteiger partial charge >= 0.3 is 0 Å². The normalized spacial score (nSPS) is 14.2. The molecule has 0 aromatic carbocycles. The number of nitrogens with zero attached hydrogens (tertiary/aromatic N) is 3. The molecule has 16 heavy (non-hydrogen) atoms. The molecule has 0 spiro atoms. The molecule has 0 amide bonds. The summed E-state index contributed by atoms with van der Waals surface area (Å²) in [5, 5.41) is 0. The first-order valence-corrected chi connectivity index (χ1v) is 6.02. The zero-order valence-electron chi connectivity index (χ0n) is 12.8. The van der Waals surface area contributed by atoms with Crippen LogP contribution in [0.25, 0.3) is 0 Å². The van der Waals surface area contributed by atoms with Crippen LogP contribution in [0.1, 0.15) is 27.7 Å². The van der Waals surface area contributed by atoms with E-state index in [1.54, 1.807) is 0 Å². The first-order chi connectivity index (χ1) is 6.99. The van der Waals surface area contributed by atoms with E-state index in [2.05, 4.69) is 77.6 Å². The van der Waals surface area contributed by atoms with Crippen molar-refractivity contribution < 1.29 is 0 Å². The molecule has 0 saturated carbocycles. The molecule has 0 aromatic heterocycles. The summed E-state index contributed by atoms with van der Waals surface area (Å²) < 4.78 is 0. The highest BCUT2D eigenvalue weighted by Gasteiger charge is 2.27. The summed E-state index contributed by atoms with van der Waals surface area (Å²) in [4.78, 5) is 6.98. The summed E-state index contributed by atoms with van der Waals surface area (Å²) in [6.45, 7) is 11.3. The number of hydrogen-bond donors (Lipinski definition) is 0. The Morgan fingerprint density at radius 2 is 0.875 bits per heavy atom. The van der Waals surface area contributed by atoms with E-state index in [-0.39, 0.29) is 11.1 Å². The van der Waals surface area contributed by atoms with Crippen molar-refractivity contribution in [1.29, 1.82) is 0 Å². The summed E-state index contributed by atoms with van der Waals surface area (Å²) in [5.74, 6) is 0. The quantitative estimate of drug-likeness (QED) is 0.685. The van der Waals surface area contributed by atoms with Crippen molar-refractivity contribution >= 4 is 0 Å². The van der Waals surface area contributed by atoms with Gasteiger partial charge in [0.15, 0.2) is 0 Å². The standard InChI is InChI=1S/C13H31N3/c1-12(2,14(5)6)10-16(9)11-13(3,4)15(7)8/h10-11H2,1-9H3. The Balaban J connectivity index is 4.34. The second-order valence-electron chi connectivity index (χ2n) is 6.59. The molecule has 0 rings (SSSR count). The largest absolute Gasteiger partial charge is 0.303 e. The molecule has 0 fully saturated rings. The lowest BCUT2D eigenvalue weighted by molar-refractivity contribution is 0.0869. The Kier molecular flexibility index (Phi) is 5.44. The lowest BCUT2D eigenvalue weighted by Gasteiger charge is -2.41. The predicted molar refractivity (Wildman–Crippen MR) is 73.0 cm³/mol. The van der Waals surface area contributed by atoms with Crippen LogP contribution in [-0.4, -0.2) is 74.1 Å². The zero-order chi connectivity index (χ0) is 13.1. The van der Waals surface area contributed by atoms with Crippen LogP contribution in [0.5, 0.6) is 0 Å². The monoisotopic (exact) mass is 229 g/mol. The molecular formula is C13H31N3. The summed E-state index contributed by atoms with van der Waals surface area (Å²) in [6.07, 6.45) is 0. The van der Waals surface area contributed by atoms with Gasteiger partial charge in [0.1, 0.15) is 0 Å². The summed E-state index contributed by atoms with van der Waals surface area (Å²) in [5.41, 5.74) is 0.439. The van der Waals surface area contributed by atoms with Crippen molar-refractivity contribution in [2.45, 2.75) is 38.8 Å². The average molecular weight is 229 g/mol. The molecule has 0 aromatic rings. The van der Waals surface area contributed by atoms with Crippen LogP contribution in [0.2, 0.25) is 0 Å². The molecule has 0 unspecified atom stereocenters. The summed E-state index contributed by atoms with van der Waals surface area (Å²) in [7, 11) is 10.8. The Labute approximate surface area is 102 Å². The molecule has 0 saturated heterocycles. The van der Waals surface area contributed by atoms with Crippen molar-refractivity contribution in [1.82, 2.24) is 14.7 Å². The molecule has 0 bridgehead atoms. The Hall–Kier alpha value is -0.120. The first kappa shape index (κ1) is 15.9. The molecule has 0 N–H and O–H groups in total. The lowest BCUT2D eigenvalue weighted by Crippen LogP contribution is -2.53. The van der Waals surface area contributed by atoms with Gasteiger partial charge in [-0.1, -0.05) is 0 Å². The fraction of sp³-hybridized carbons (Fsp3) is 1.00. The fourth-order valence-corrected chi connectivity index (χ4v) is 1.66. The van der Waals surface area contributed by atoms with Gasteiger partial charge in [-0.2, -0.15) is 0 Å². The predicted octanol–water partition coefficient (Wildman–Crippen LogP) is 1.60. The van der Waals surface area contributed by atoms with Crippen LogP contribution in [0.3, 0.4) is 0 Å². The third kappa shape index (κ3) is 4.81. The molecule has 0 radical (unpaired) electrons. The lowest BCUT2D eigenvalue weighted by atomic mass is 10.00. The van der Waals surface area contributed by atoms with E-state index in [9.17, 15) is 0 Å². The van der Waals surface area contributed by atoms with E-state index in [0.717, 1.165) is 13.1 Å². The van der Waals surface area contributed by atoms with Crippen LogP contribution in [-0.2, 0) is 0 Å². The van der Waals surface area contributed by atoms with Crippen LogP contribution < -0.4 is 0 Å². The van der Waals surface area contributed by atoms with Gasteiger partial charge in [0.25, 0.3) is 0 Å². The van der Waals surface area contributed by atoms with E-state index in [1.165, 1.54) is 0 Å². The molecular weight excluding hydrogens is 198 g/mol. The number of rotatable bonds is 6. The van der Waals surface area contributed by atoms with E-state index < -0.39 is 0 Å². The average Bonchev–Trinajstić information content (AvgIpc) is 2.00. The molecule has 98 valence electrons. The van der Waals surface area contributed by atoms with E-state index in [1.807, 2.05) is 0 Å². The van der Waals surface area contributed by atoms with Gasteiger partial charge in [-0.15, -0.1) is 0 Å². The van der Waals surface area contributed by atoms with Gasteiger partial charge in [-0.3, -0.25) is 0 Å². The fourth-order valence-electron chi connectivity index (χ4n) is 1.66. The maximum atomic E-state index is 2.42. The third-order valence-electron chi connectivity index (χ3n) is 3.74. The van der Waals surface area contributed by atoms with Crippen molar-refractivity contribution in [3.63, 3.8) is 0 Å². The molecule has 0 heterocycles. The SMILES string of the molecule is CN(CC(C)(C)N(C)C)CC(C)(C)N(C)C. The minimum Gasteiger partial charge on any atom is -0.303 e. The second-order valence-corrected chi connectivity index (χ2v) is 6.59. The maximum Gasteiger partial charge on any atom is 0.0274 e.